The zero-order chi connectivity index (χ0) is 37.4. The Balaban J connectivity index is 1.81. The first kappa shape index (κ1) is 45.4. The van der Waals surface area contributed by atoms with E-state index in [-0.39, 0.29) is 19.6 Å². The highest BCUT2D eigenvalue weighted by Crippen LogP contribution is 2.26. The van der Waals surface area contributed by atoms with Gasteiger partial charge in [-0.15, -0.1) is 0 Å². The Hall–Kier alpha value is -1.79. The van der Waals surface area contributed by atoms with E-state index in [1.165, 1.54) is 0 Å². The average Bonchev–Trinajstić information content (AvgIpc) is 3.12. The molecule has 0 radical (unpaired) electrons. The van der Waals surface area contributed by atoms with Crippen LogP contribution in [0.5, 0.6) is 0 Å². The van der Waals surface area contributed by atoms with Crippen molar-refractivity contribution in [2.75, 3.05) is 33.0 Å². The molecular weight excluding hydrogens is 668 g/mol. The zero-order valence-electron chi connectivity index (χ0n) is 30.3. The minimum Gasteiger partial charge on any atom is -0.457 e. The lowest BCUT2D eigenvalue weighted by Crippen LogP contribution is -2.61. The van der Waals surface area contributed by atoms with E-state index in [0.29, 0.717) is 13.0 Å². The minimum absolute atomic E-state index is 0.0433. The Bertz CT molecular complexity index is 990. The van der Waals surface area contributed by atoms with Gasteiger partial charge in [-0.05, 0) is 44.9 Å². The number of unbranched alkanes of at least 4 members (excludes halogenated alkanes) is 6. The van der Waals surface area contributed by atoms with Crippen LogP contribution in [0, 0.1) is 0 Å². The second kappa shape index (κ2) is 26.9. The molecule has 2 aliphatic heterocycles. The molecule has 2 aliphatic rings. The van der Waals surface area contributed by atoms with Crippen LogP contribution in [0.15, 0.2) is 36.5 Å². The molecule has 14 nitrogen and oxygen atoms in total. The molecule has 11 unspecified atom stereocenters. The molecule has 11 atom stereocenters. The molecule has 51 heavy (non-hydrogen) atoms. The van der Waals surface area contributed by atoms with E-state index < -0.39 is 86.7 Å². The molecule has 0 spiro atoms. The summed E-state index contributed by atoms with van der Waals surface area (Å²) >= 11 is 0. The number of carbonyl (C=O) groups excluding carboxylic acids is 1. The molecule has 0 aromatic rings. The molecule has 0 amide bonds. The lowest BCUT2D eigenvalue weighted by atomic mass is 9.98. The van der Waals surface area contributed by atoms with Crippen molar-refractivity contribution >= 4 is 5.97 Å². The number of hydrogen-bond donors (Lipinski definition) is 7. The Morgan fingerprint density at radius 2 is 1.27 bits per heavy atom. The molecular formula is C37H64O14. The van der Waals surface area contributed by atoms with Crippen LogP contribution >= 0.6 is 0 Å². The predicted molar refractivity (Wildman–Crippen MR) is 187 cm³/mol. The van der Waals surface area contributed by atoms with Gasteiger partial charge in [0, 0.05) is 13.0 Å². The van der Waals surface area contributed by atoms with Crippen LogP contribution in [0.2, 0.25) is 0 Å². The lowest BCUT2D eigenvalue weighted by Gasteiger charge is -2.42. The standard InChI is InChI=1S/C37H64O14/c1-3-5-7-8-9-10-11-12-13-14-15-16-17-19-21-46-23-26(49-29(39)20-18-6-4-2)24-47-36-35(45)33(43)31(41)28(51-36)25-48-37-34(44)32(42)30(40)27(22-38)50-37/h5,7,9-10,12-13,26-28,30-38,40-45H,3-4,6,8,11,14-25H2,1-2H3/b7-5-,10-9-,13-12-. The topological polar surface area (TPSA) is 214 Å². The molecule has 2 rings (SSSR count). The van der Waals surface area contributed by atoms with Crippen molar-refractivity contribution in [2.45, 2.75) is 158 Å². The second-order valence-corrected chi connectivity index (χ2v) is 13.0. The summed E-state index contributed by atoms with van der Waals surface area (Å²) < 4.78 is 33.6. The number of aliphatic hydroxyl groups is 7. The first-order chi connectivity index (χ1) is 24.6. The van der Waals surface area contributed by atoms with Gasteiger partial charge in [-0.3, -0.25) is 4.79 Å². The van der Waals surface area contributed by atoms with Crippen molar-refractivity contribution < 1.29 is 69.0 Å². The highest BCUT2D eigenvalue weighted by molar-refractivity contribution is 5.69. The van der Waals surface area contributed by atoms with E-state index in [1.807, 2.05) is 6.92 Å². The van der Waals surface area contributed by atoms with Crippen molar-refractivity contribution in [1.82, 2.24) is 0 Å². The third kappa shape index (κ3) is 17.3. The average molecular weight is 733 g/mol. The highest BCUT2D eigenvalue weighted by Gasteiger charge is 2.47. The number of rotatable bonds is 26. The van der Waals surface area contributed by atoms with Gasteiger partial charge in [0.2, 0.25) is 0 Å². The van der Waals surface area contributed by atoms with Crippen molar-refractivity contribution in [1.29, 1.82) is 0 Å². The quantitative estimate of drug-likeness (QED) is 0.0385. The van der Waals surface area contributed by atoms with Crippen LogP contribution in [0.3, 0.4) is 0 Å². The van der Waals surface area contributed by atoms with Gasteiger partial charge >= 0.3 is 5.97 Å². The number of ether oxygens (including phenoxy) is 6. The smallest absolute Gasteiger partial charge is 0.306 e. The van der Waals surface area contributed by atoms with Crippen LogP contribution < -0.4 is 0 Å². The molecule has 2 saturated heterocycles. The monoisotopic (exact) mass is 732 g/mol. The van der Waals surface area contributed by atoms with Gasteiger partial charge in [0.05, 0.1) is 26.4 Å². The Kier molecular flexibility index (Phi) is 23.9. The molecule has 0 aromatic heterocycles. The summed E-state index contributed by atoms with van der Waals surface area (Å²) in [6.45, 7) is 3.28. The van der Waals surface area contributed by atoms with Crippen LogP contribution in [-0.4, -0.2) is 142 Å². The number of esters is 1. The van der Waals surface area contributed by atoms with Gasteiger partial charge in [-0.1, -0.05) is 76.0 Å². The lowest BCUT2D eigenvalue weighted by molar-refractivity contribution is -0.332. The van der Waals surface area contributed by atoms with E-state index in [2.05, 4.69) is 43.4 Å². The fourth-order valence-electron chi connectivity index (χ4n) is 5.53. The summed E-state index contributed by atoms with van der Waals surface area (Å²) in [6, 6.07) is 0. The first-order valence-electron chi connectivity index (χ1n) is 18.6. The van der Waals surface area contributed by atoms with Crippen molar-refractivity contribution in [2.24, 2.45) is 0 Å². The van der Waals surface area contributed by atoms with Crippen LogP contribution in [-0.2, 0) is 33.2 Å². The number of allylic oxidation sites excluding steroid dienone is 6. The Labute approximate surface area is 302 Å². The Morgan fingerprint density at radius 3 is 1.94 bits per heavy atom. The van der Waals surface area contributed by atoms with Gasteiger partial charge in [-0.25, -0.2) is 0 Å². The molecule has 0 aliphatic carbocycles. The maximum absolute atomic E-state index is 12.5. The minimum atomic E-state index is -1.70. The van der Waals surface area contributed by atoms with Gasteiger partial charge in [0.25, 0.3) is 0 Å². The van der Waals surface area contributed by atoms with Gasteiger partial charge in [-0.2, -0.15) is 0 Å². The summed E-state index contributed by atoms with van der Waals surface area (Å²) in [7, 11) is 0. The van der Waals surface area contributed by atoms with E-state index in [9.17, 15) is 40.5 Å². The summed E-state index contributed by atoms with van der Waals surface area (Å²) in [5.41, 5.74) is 0. The van der Waals surface area contributed by atoms with Crippen molar-refractivity contribution in [3.63, 3.8) is 0 Å². The molecule has 0 aromatic carbocycles. The number of carbonyl (C=O) groups is 1. The molecule has 296 valence electrons. The fraction of sp³-hybridized carbons (Fsp3) is 0.811. The molecule has 0 bridgehead atoms. The molecule has 2 heterocycles. The van der Waals surface area contributed by atoms with E-state index in [1.54, 1.807) is 0 Å². The molecule has 7 N–H and O–H groups in total. The number of hydrogen-bond acceptors (Lipinski definition) is 14. The largest absolute Gasteiger partial charge is 0.457 e. The first-order valence-corrected chi connectivity index (χ1v) is 18.6. The summed E-state index contributed by atoms with van der Waals surface area (Å²) in [5, 5.41) is 71.2. The van der Waals surface area contributed by atoms with Gasteiger partial charge in [0.15, 0.2) is 12.6 Å². The zero-order valence-corrected chi connectivity index (χ0v) is 30.3. The maximum Gasteiger partial charge on any atom is 0.306 e. The summed E-state index contributed by atoms with van der Waals surface area (Å²) in [6.07, 6.45) is 7.60. The normalized spacial score (nSPS) is 30.8. The summed E-state index contributed by atoms with van der Waals surface area (Å²) in [4.78, 5) is 12.5. The number of aliphatic hydroxyl groups excluding tert-OH is 7. The van der Waals surface area contributed by atoms with Crippen molar-refractivity contribution in [3.8, 4) is 0 Å². The van der Waals surface area contributed by atoms with E-state index >= 15 is 0 Å². The SMILES string of the molecule is CC/C=C\C/C=C\C/C=C\CCCCCCOCC(COC1OC(COC2OC(CO)C(O)C(O)C2O)C(O)C(O)C1O)OC(=O)CCCCC. The molecule has 2 fully saturated rings. The van der Waals surface area contributed by atoms with E-state index in [0.717, 1.165) is 64.2 Å². The molecule has 14 heteroatoms. The van der Waals surface area contributed by atoms with Crippen molar-refractivity contribution in [3.05, 3.63) is 36.5 Å². The third-order valence-corrected chi connectivity index (χ3v) is 8.66. The maximum atomic E-state index is 12.5. The van der Waals surface area contributed by atoms with E-state index in [4.69, 9.17) is 28.4 Å². The molecule has 0 saturated carbocycles. The van der Waals surface area contributed by atoms with Crippen LogP contribution in [0.25, 0.3) is 0 Å². The Morgan fingerprint density at radius 1 is 0.667 bits per heavy atom. The second-order valence-electron chi connectivity index (χ2n) is 13.0. The summed E-state index contributed by atoms with van der Waals surface area (Å²) in [5.74, 6) is -0.413. The highest BCUT2D eigenvalue weighted by atomic mass is 16.7. The predicted octanol–water partition coefficient (Wildman–Crippen LogP) is 1.95. The van der Waals surface area contributed by atoms with Gasteiger partial charge in [0.1, 0.15) is 54.9 Å². The van der Waals surface area contributed by atoms with Gasteiger partial charge < -0.3 is 64.2 Å². The fourth-order valence-corrected chi connectivity index (χ4v) is 5.53. The third-order valence-electron chi connectivity index (χ3n) is 8.66. The van der Waals surface area contributed by atoms with Crippen LogP contribution in [0.1, 0.15) is 90.9 Å². The van der Waals surface area contributed by atoms with Crippen LogP contribution in [0.4, 0.5) is 0 Å².